The van der Waals surface area contributed by atoms with E-state index >= 15 is 0 Å². The van der Waals surface area contributed by atoms with Crippen LogP contribution < -0.4 is 10.6 Å². The topological polar surface area (TPSA) is 70.7 Å². The SMILES string of the molecule is CC(NC(=O)CC1CCCNC1)C(=O)N1CCOCC1. The number of carbonyl (C=O) groups excluding carboxylic acids is 2. The standard InChI is InChI=1S/C14H25N3O3/c1-11(14(19)17-5-7-20-8-6-17)16-13(18)9-12-3-2-4-15-10-12/h11-12,15H,2-10H2,1H3,(H,16,18). The van der Waals surface area contributed by atoms with Crippen LogP contribution in [-0.4, -0.2) is 62.1 Å². The molecule has 0 radical (unpaired) electrons. The Labute approximate surface area is 120 Å². The maximum absolute atomic E-state index is 12.2. The number of nitrogens with zero attached hydrogens (tertiary/aromatic N) is 1. The van der Waals surface area contributed by atoms with Crippen molar-refractivity contribution in [3.63, 3.8) is 0 Å². The predicted octanol–water partition coefficient (Wildman–Crippen LogP) is -0.260. The van der Waals surface area contributed by atoms with Gasteiger partial charge in [-0.05, 0) is 38.8 Å². The summed E-state index contributed by atoms with van der Waals surface area (Å²) in [4.78, 5) is 25.9. The second-order valence-corrected chi connectivity index (χ2v) is 5.64. The van der Waals surface area contributed by atoms with E-state index in [1.165, 1.54) is 0 Å². The average Bonchev–Trinajstić information content (AvgIpc) is 2.48. The summed E-state index contributed by atoms with van der Waals surface area (Å²) in [6.07, 6.45) is 2.72. The van der Waals surface area contributed by atoms with Crippen molar-refractivity contribution in [2.75, 3.05) is 39.4 Å². The highest BCUT2D eigenvalue weighted by Crippen LogP contribution is 2.13. The van der Waals surface area contributed by atoms with Crippen molar-refractivity contribution in [2.24, 2.45) is 5.92 Å². The fourth-order valence-electron chi connectivity index (χ4n) is 2.78. The highest BCUT2D eigenvalue weighted by molar-refractivity contribution is 5.87. The molecule has 2 fully saturated rings. The number of carbonyl (C=O) groups is 2. The highest BCUT2D eigenvalue weighted by Gasteiger charge is 2.24. The van der Waals surface area contributed by atoms with Crippen LogP contribution >= 0.6 is 0 Å². The molecule has 0 aromatic heterocycles. The molecule has 2 amide bonds. The van der Waals surface area contributed by atoms with Gasteiger partial charge >= 0.3 is 0 Å². The van der Waals surface area contributed by atoms with Gasteiger partial charge in [0.25, 0.3) is 0 Å². The van der Waals surface area contributed by atoms with Gasteiger partial charge in [0.1, 0.15) is 6.04 Å². The van der Waals surface area contributed by atoms with Crippen LogP contribution in [0.2, 0.25) is 0 Å². The minimum absolute atomic E-state index is 0.0107. The fourth-order valence-corrected chi connectivity index (χ4v) is 2.78. The van der Waals surface area contributed by atoms with Crippen molar-refractivity contribution in [3.8, 4) is 0 Å². The summed E-state index contributed by atoms with van der Waals surface area (Å²) >= 11 is 0. The smallest absolute Gasteiger partial charge is 0.245 e. The summed E-state index contributed by atoms with van der Waals surface area (Å²) < 4.78 is 5.22. The van der Waals surface area contributed by atoms with Crippen LogP contribution in [0.1, 0.15) is 26.2 Å². The van der Waals surface area contributed by atoms with Crippen LogP contribution in [0, 0.1) is 5.92 Å². The van der Waals surface area contributed by atoms with E-state index in [2.05, 4.69) is 10.6 Å². The second-order valence-electron chi connectivity index (χ2n) is 5.64. The number of hydrogen-bond donors (Lipinski definition) is 2. The van der Waals surface area contributed by atoms with E-state index in [1.807, 2.05) is 0 Å². The molecule has 0 spiro atoms. The van der Waals surface area contributed by atoms with Crippen LogP contribution in [0.5, 0.6) is 0 Å². The molecule has 6 nitrogen and oxygen atoms in total. The zero-order valence-corrected chi connectivity index (χ0v) is 12.2. The Balaban J connectivity index is 1.73. The van der Waals surface area contributed by atoms with Gasteiger partial charge < -0.3 is 20.3 Å². The van der Waals surface area contributed by atoms with E-state index < -0.39 is 6.04 Å². The molecular weight excluding hydrogens is 258 g/mol. The van der Waals surface area contributed by atoms with Gasteiger partial charge in [-0.2, -0.15) is 0 Å². The molecule has 114 valence electrons. The molecule has 2 saturated heterocycles. The second kappa shape index (κ2) is 7.59. The largest absolute Gasteiger partial charge is 0.378 e. The predicted molar refractivity (Wildman–Crippen MR) is 75.2 cm³/mol. The highest BCUT2D eigenvalue weighted by atomic mass is 16.5. The minimum Gasteiger partial charge on any atom is -0.378 e. The first-order chi connectivity index (χ1) is 9.66. The monoisotopic (exact) mass is 283 g/mol. The lowest BCUT2D eigenvalue weighted by atomic mass is 9.96. The number of hydrogen-bond acceptors (Lipinski definition) is 4. The molecule has 0 aromatic rings. The molecule has 2 unspecified atom stereocenters. The van der Waals surface area contributed by atoms with Crippen molar-refractivity contribution in [1.82, 2.24) is 15.5 Å². The molecule has 0 saturated carbocycles. The molecule has 2 aliphatic rings. The average molecular weight is 283 g/mol. The number of morpholine rings is 1. The van der Waals surface area contributed by atoms with E-state index in [9.17, 15) is 9.59 Å². The lowest BCUT2D eigenvalue weighted by Gasteiger charge is -2.30. The van der Waals surface area contributed by atoms with E-state index in [4.69, 9.17) is 4.74 Å². The summed E-state index contributed by atoms with van der Waals surface area (Å²) in [7, 11) is 0. The van der Waals surface area contributed by atoms with Gasteiger partial charge in [0.2, 0.25) is 11.8 Å². The molecular formula is C14H25N3O3. The summed E-state index contributed by atoms with van der Waals surface area (Å²) in [5.41, 5.74) is 0. The molecule has 2 heterocycles. The Bertz CT molecular complexity index is 337. The number of rotatable bonds is 4. The third-order valence-corrected chi connectivity index (χ3v) is 3.94. The van der Waals surface area contributed by atoms with Gasteiger partial charge in [-0.1, -0.05) is 0 Å². The zero-order chi connectivity index (χ0) is 14.4. The summed E-state index contributed by atoms with van der Waals surface area (Å²) in [5.74, 6) is 0.366. The summed E-state index contributed by atoms with van der Waals surface area (Å²) in [5, 5.41) is 6.12. The normalized spacial score (nSPS) is 25.1. The Hall–Kier alpha value is -1.14. The number of nitrogens with one attached hydrogen (secondary N) is 2. The molecule has 6 heteroatoms. The lowest BCUT2D eigenvalue weighted by molar-refractivity contribution is -0.139. The van der Waals surface area contributed by atoms with E-state index in [-0.39, 0.29) is 11.8 Å². The first kappa shape index (κ1) is 15.3. The number of piperidine rings is 1. The molecule has 20 heavy (non-hydrogen) atoms. The van der Waals surface area contributed by atoms with Gasteiger partial charge in [-0.3, -0.25) is 9.59 Å². The zero-order valence-electron chi connectivity index (χ0n) is 12.2. The van der Waals surface area contributed by atoms with E-state index in [1.54, 1.807) is 11.8 Å². The van der Waals surface area contributed by atoms with Gasteiger partial charge in [0.15, 0.2) is 0 Å². The van der Waals surface area contributed by atoms with Gasteiger partial charge in [-0.15, -0.1) is 0 Å². The molecule has 0 aliphatic carbocycles. The first-order valence-electron chi connectivity index (χ1n) is 7.53. The Kier molecular flexibility index (Phi) is 5.79. The van der Waals surface area contributed by atoms with E-state index in [0.717, 1.165) is 25.9 Å². The Morgan fingerprint density at radius 2 is 2.15 bits per heavy atom. The molecule has 0 bridgehead atoms. The van der Waals surface area contributed by atoms with Crippen molar-refractivity contribution in [2.45, 2.75) is 32.2 Å². The van der Waals surface area contributed by atoms with Crippen LogP contribution in [0.4, 0.5) is 0 Å². The summed E-state index contributed by atoms with van der Waals surface area (Å²) in [6.45, 7) is 6.11. The molecule has 2 aliphatic heterocycles. The van der Waals surface area contributed by atoms with Crippen LogP contribution in [0.15, 0.2) is 0 Å². The lowest BCUT2D eigenvalue weighted by Crippen LogP contribution is -2.50. The first-order valence-corrected chi connectivity index (χ1v) is 7.53. The quantitative estimate of drug-likeness (QED) is 0.746. The molecule has 2 rings (SSSR count). The summed E-state index contributed by atoms with van der Waals surface area (Å²) in [6, 6.07) is -0.447. The maximum Gasteiger partial charge on any atom is 0.245 e. The van der Waals surface area contributed by atoms with Gasteiger partial charge in [0, 0.05) is 19.5 Å². The van der Waals surface area contributed by atoms with Gasteiger partial charge in [0.05, 0.1) is 13.2 Å². The van der Waals surface area contributed by atoms with E-state index in [0.29, 0.717) is 38.6 Å². The molecule has 2 N–H and O–H groups in total. The minimum atomic E-state index is -0.447. The van der Waals surface area contributed by atoms with Crippen LogP contribution in [-0.2, 0) is 14.3 Å². The van der Waals surface area contributed by atoms with Crippen molar-refractivity contribution in [1.29, 1.82) is 0 Å². The molecule has 0 aromatic carbocycles. The Morgan fingerprint density at radius 1 is 1.40 bits per heavy atom. The van der Waals surface area contributed by atoms with Gasteiger partial charge in [-0.25, -0.2) is 0 Å². The van der Waals surface area contributed by atoms with Crippen molar-refractivity contribution in [3.05, 3.63) is 0 Å². The third-order valence-electron chi connectivity index (χ3n) is 3.94. The number of amides is 2. The van der Waals surface area contributed by atoms with Crippen LogP contribution in [0.3, 0.4) is 0 Å². The third kappa shape index (κ3) is 4.45. The fraction of sp³-hybridized carbons (Fsp3) is 0.857. The molecule has 2 atom stereocenters. The van der Waals surface area contributed by atoms with Crippen molar-refractivity contribution >= 4 is 11.8 Å². The maximum atomic E-state index is 12.2. The van der Waals surface area contributed by atoms with Crippen LogP contribution in [0.25, 0.3) is 0 Å². The number of ether oxygens (including phenoxy) is 1. The Morgan fingerprint density at radius 3 is 2.80 bits per heavy atom. The van der Waals surface area contributed by atoms with Crippen molar-refractivity contribution < 1.29 is 14.3 Å².